The summed E-state index contributed by atoms with van der Waals surface area (Å²) in [4.78, 5) is 28.6. The largest absolute Gasteiger partial charge is 0.448 e. The van der Waals surface area contributed by atoms with Gasteiger partial charge in [-0.1, -0.05) is 6.92 Å². The average molecular weight is 284 g/mol. The topological polar surface area (TPSA) is 145 Å². The molecular weight excluding hydrogens is 268 g/mol. The summed E-state index contributed by atoms with van der Waals surface area (Å²) in [5.41, 5.74) is 4.55. The maximum absolute atomic E-state index is 11.1. The van der Waals surface area contributed by atoms with Gasteiger partial charge in [-0.15, -0.1) is 0 Å². The Balaban J connectivity index is 2.78. The molecule has 0 radical (unpaired) electrons. The lowest BCUT2D eigenvalue weighted by atomic mass is 10.4. The third kappa shape index (κ3) is 4.55. The van der Waals surface area contributed by atoms with Gasteiger partial charge in [-0.3, -0.25) is 10.1 Å². The Kier molecular flexibility index (Phi) is 5.94. The van der Waals surface area contributed by atoms with E-state index in [0.717, 1.165) is 6.42 Å². The highest BCUT2D eigenvalue weighted by molar-refractivity contribution is 5.69. The van der Waals surface area contributed by atoms with Gasteiger partial charge in [-0.25, -0.2) is 14.8 Å². The molecule has 4 N–H and O–H groups in total. The first-order chi connectivity index (χ1) is 9.56. The van der Waals surface area contributed by atoms with Crippen LogP contribution in [0.15, 0.2) is 6.33 Å². The molecule has 1 aromatic rings. The van der Waals surface area contributed by atoms with Crippen LogP contribution in [0.5, 0.6) is 0 Å². The molecule has 0 aliphatic carbocycles. The maximum Gasteiger partial charge on any atom is 0.404 e. The van der Waals surface area contributed by atoms with Crippen molar-refractivity contribution >= 4 is 23.4 Å². The zero-order valence-corrected chi connectivity index (χ0v) is 11.0. The fourth-order valence-electron chi connectivity index (χ4n) is 1.37. The van der Waals surface area contributed by atoms with Crippen molar-refractivity contribution in [3.05, 3.63) is 16.4 Å². The molecule has 10 nitrogen and oxygen atoms in total. The number of carbonyl (C=O) groups excluding carboxylic acids is 1. The van der Waals surface area contributed by atoms with E-state index in [1.165, 1.54) is 6.33 Å². The average Bonchev–Trinajstić information content (AvgIpc) is 2.40. The Morgan fingerprint density at radius 2 is 2.00 bits per heavy atom. The van der Waals surface area contributed by atoms with Crippen LogP contribution in [0, 0.1) is 10.1 Å². The van der Waals surface area contributed by atoms with Crippen molar-refractivity contribution in [1.82, 2.24) is 9.97 Å². The van der Waals surface area contributed by atoms with Crippen molar-refractivity contribution in [1.29, 1.82) is 0 Å². The first kappa shape index (κ1) is 15.4. The smallest absolute Gasteiger partial charge is 0.404 e. The molecule has 0 fully saturated rings. The normalized spacial score (nSPS) is 9.85. The molecular formula is C10H16N6O4. The van der Waals surface area contributed by atoms with Gasteiger partial charge in [0.15, 0.2) is 0 Å². The van der Waals surface area contributed by atoms with Gasteiger partial charge in [0.25, 0.3) is 0 Å². The second-order valence-electron chi connectivity index (χ2n) is 3.70. The molecule has 1 rings (SSSR count). The zero-order chi connectivity index (χ0) is 15.0. The summed E-state index contributed by atoms with van der Waals surface area (Å²) in [7, 11) is 0. The molecule has 110 valence electrons. The summed E-state index contributed by atoms with van der Waals surface area (Å²) in [6.07, 6.45) is 1.10. The summed E-state index contributed by atoms with van der Waals surface area (Å²) in [5, 5.41) is 16.6. The van der Waals surface area contributed by atoms with Crippen LogP contribution in [0.25, 0.3) is 0 Å². The van der Waals surface area contributed by atoms with Crippen molar-refractivity contribution in [2.45, 2.75) is 13.3 Å². The van der Waals surface area contributed by atoms with Crippen LogP contribution in [0.4, 0.5) is 22.1 Å². The molecule has 0 saturated heterocycles. The van der Waals surface area contributed by atoms with E-state index in [4.69, 9.17) is 5.73 Å². The van der Waals surface area contributed by atoms with Crippen molar-refractivity contribution in [2.24, 2.45) is 5.73 Å². The maximum atomic E-state index is 11.1. The lowest BCUT2D eigenvalue weighted by Crippen LogP contribution is -2.19. The molecule has 20 heavy (non-hydrogen) atoms. The van der Waals surface area contributed by atoms with Gasteiger partial charge >= 0.3 is 11.8 Å². The van der Waals surface area contributed by atoms with Crippen LogP contribution in [0.3, 0.4) is 0 Å². The summed E-state index contributed by atoms with van der Waals surface area (Å²) < 4.78 is 4.51. The number of nitrogens with one attached hydrogen (secondary N) is 2. The monoisotopic (exact) mass is 284 g/mol. The summed E-state index contributed by atoms with van der Waals surface area (Å²) in [5.74, 6) is 0.196. The molecule has 0 bridgehead atoms. The Hall–Kier alpha value is -2.65. The number of carbonyl (C=O) groups is 1. The van der Waals surface area contributed by atoms with E-state index in [1.807, 2.05) is 6.92 Å². The highest BCUT2D eigenvalue weighted by atomic mass is 16.6. The Morgan fingerprint density at radius 3 is 2.50 bits per heavy atom. The Labute approximate surface area is 114 Å². The predicted octanol–water partition coefficient (Wildman–Crippen LogP) is 0.714. The predicted molar refractivity (Wildman–Crippen MR) is 71.5 cm³/mol. The first-order valence-corrected chi connectivity index (χ1v) is 5.95. The number of nitro groups is 1. The molecule has 0 saturated carbocycles. The number of amides is 1. The fraction of sp³-hybridized carbons (Fsp3) is 0.500. The van der Waals surface area contributed by atoms with Gasteiger partial charge in [0.1, 0.15) is 12.9 Å². The standard InChI is InChI=1S/C10H16N6O4/c1-2-3-12-8-7(16(18)19)9(15-6-14-8)13-4-5-20-10(11)17/h6H,2-5H2,1H3,(H2,11,17)(H2,12,13,14,15). The molecule has 1 amide bonds. The zero-order valence-electron chi connectivity index (χ0n) is 11.0. The number of nitrogens with zero attached hydrogens (tertiary/aromatic N) is 3. The quantitative estimate of drug-likeness (QED) is 0.359. The highest BCUT2D eigenvalue weighted by Gasteiger charge is 2.22. The molecule has 0 spiro atoms. The molecule has 0 unspecified atom stereocenters. The van der Waals surface area contributed by atoms with Gasteiger partial charge in [-0.2, -0.15) is 0 Å². The SMILES string of the molecule is CCCNc1ncnc(NCCOC(N)=O)c1[N+](=O)[O-]. The number of anilines is 2. The van der Waals surface area contributed by atoms with Crippen LogP contribution in [-0.2, 0) is 4.74 Å². The van der Waals surface area contributed by atoms with Gasteiger partial charge in [0.2, 0.25) is 11.6 Å². The highest BCUT2D eigenvalue weighted by Crippen LogP contribution is 2.28. The lowest BCUT2D eigenvalue weighted by molar-refractivity contribution is -0.383. The molecule has 0 aliphatic heterocycles. The number of aromatic nitrogens is 2. The molecule has 1 heterocycles. The van der Waals surface area contributed by atoms with Crippen molar-refractivity contribution in [3.8, 4) is 0 Å². The second kappa shape index (κ2) is 7.71. The molecule has 0 aromatic carbocycles. The van der Waals surface area contributed by atoms with Gasteiger partial charge in [0, 0.05) is 6.54 Å². The molecule has 0 aliphatic rings. The number of ether oxygens (including phenoxy) is 1. The van der Waals surface area contributed by atoms with E-state index in [0.29, 0.717) is 6.54 Å². The first-order valence-electron chi connectivity index (χ1n) is 5.95. The van der Waals surface area contributed by atoms with Crippen molar-refractivity contribution in [2.75, 3.05) is 30.3 Å². The van der Waals surface area contributed by atoms with E-state index in [-0.39, 0.29) is 30.5 Å². The Bertz CT molecular complexity index is 481. The van der Waals surface area contributed by atoms with E-state index < -0.39 is 11.0 Å². The fourth-order valence-corrected chi connectivity index (χ4v) is 1.37. The summed E-state index contributed by atoms with van der Waals surface area (Å²) >= 11 is 0. The van der Waals surface area contributed by atoms with Gasteiger partial charge in [-0.05, 0) is 6.42 Å². The number of nitrogens with two attached hydrogens (primary N) is 1. The van der Waals surface area contributed by atoms with Gasteiger partial charge in [0.05, 0.1) is 11.5 Å². The van der Waals surface area contributed by atoms with Crippen LogP contribution in [-0.4, -0.2) is 40.7 Å². The van der Waals surface area contributed by atoms with E-state index in [2.05, 4.69) is 25.3 Å². The minimum atomic E-state index is -0.908. The second-order valence-corrected chi connectivity index (χ2v) is 3.70. The molecule has 0 atom stereocenters. The number of primary amides is 1. The van der Waals surface area contributed by atoms with Gasteiger partial charge < -0.3 is 21.1 Å². The minimum Gasteiger partial charge on any atom is -0.448 e. The third-order valence-electron chi connectivity index (χ3n) is 2.19. The van der Waals surface area contributed by atoms with Crippen molar-refractivity contribution < 1.29 is 14.5 Å². The molecule has 10 heteroatoms. The van der Waals surface area contributed by atoms with Crippen LogP contribution >= 0.6 is 0 Å². The number of hydrogen-bond acceptors (Lipinski definition) is 8. The lowest BCUT2D eigenvalue weighted by Gasteiger charge is -2.09. The summed E-state index contributed by atoms with van der Waals surface area (Å²) in [6, 6.07) is 0. The van der Waals surface area contributed by atoms with E-state index in [9.17, 15) is 14.9 Å². The number of hydrogen-bond donors (Lipinski definition) is 3. The Morgan fingerprint density at radius 1 is 1.40 bits per heavy atom. The van der Waals surface area contributed by atoms with E-state index in [1.54, 1.807) is 0 Å². The van der Waals surface area contributed by atoms with Crippen molar-refractivity contribution in [3.63, 3.8) is 0 Å². The minimum absolute atomic E-state index is 0.0196. The van der Waals surface area contributed by atoms with Crippen LogP contribution < -0.4 is 16.4 Å². The van der Waals surface area contributed by atoms with Crippen LogP contribution in [0.1, 0.15) is 13.3 Å². The van der Waals surface area contributed by atoms with Crippen LogP contribution in [0.2, 0.25) is 0 Å². The van der Waals surface area contributed by atoms with E-state index >= 15 is 0 Å². The number of rotatable bonds is 8. The molecule has 1 aromatic heterocycles. The third-order valence-corrected chi connectivity index (χ3v) is 2.19. The summed E-state index contributed by atoms with van der Waals surface area (Å²) in [6.45, 7) is 2.62.